The number of piperidine rings is 1. The number of carbonyl (C=O) groups is 1. The second kappa shape index (κ2) is 7.09. The standard InChI is InChI=1S/C17H20F2N4O/c1-22-10-12(9-20-22)11-23-5-3-2-4-16(23)17(24)21-15-7-13(18)6-14(19)8-15/h6-10,16H,2-5,11H2,1H3,(H,21,24)/t16-/m1/s1. The maximum atomic E-state index is 13.3. The molecule has 1 N–H and O–H groups in total. The number of nitrogens with zero attached hydrogens (tertiary/aromatic N) is 3. The van der Waals surface area contributed by atoms with Crippen molar-refractivity contribution in [3.63, 3.8) is 0 Å². The van der Waals surface area contributed by atoms with Gasteiger partial charge in [0.25, 0.3) is 0 Å². The van der Waals surface area contributed by atoms with Gasteiger partial charge in [-0.05, 0) is 31.5 Å². The van der Waals surface area contributed by atoms with E-state index in [0.29, 0.717) is 6.54 Å². The Morgan fingerprint density at radius 3 is 2.71 bits per heavy atom. The molecule has 1 fully saturated rings. The number of likely N-dealkylation sites (tertiary alicyclic amines) is 1. The Bertz CT molecular complexity index is 711. The molecule has 0 aliphatic carbocycles. The highest BCUT2D eigenvalue weighted by Gasteiger charge is 2.29. The fourth-order valence-electron chi connectivity index (χ4n) is 3.12. The molecular formula is C17H20F2N4O. The Balaban J connectivity index is 1.70. The summed E-state index contributed by atoms with van der Waals surface area (Å²) in [6.07, 6.45) is 6.42. The molecule has 2 heterocycles. The highest BCUT2D eigenvalue weighted by atomic mass is 19.1. The lowest BCUT2D eigenvalue weighted by Crippen LogP contribution is -2.46. The minimum absolute atomic E-state index is 0.143. The van der Waals surface area contributed by atoms with Crippen molar-refractivity contribution in [3.05, 3.63) is 47.8 Å². The topological polar surface area (TPSA) is 50.2 Å². The Kier molecular flexibility index (Phi) is 4.89. The summed E-state index contributed by atoms with van der Waals surface area (Å²) < 4.78 is 28.3. The second-order valence-electron chi connectivity index (χ2n) is 6.15. The predicted molar refractivity (Wildman–Crippen MR) is 86.2 cm³/mol. The van der Waals surface area contributed by atoms with Crippen molar-refractivity contribution in [1.82, 2.24) is 14.7 Å². The Labute approximate surface area is 139 Å². The molecule has 3 rings (SSSR count). The van der Waals surface area contributed by atoms with Gasteiger partial charge < -0.3 is 5.32 Å². The van der Waals surface area contributed by atoms with E-state index in [2.05, 4.69) is 15.3 Å². The van der Waals surface area contributed by atoms with E-state index < -0.39 is 11.6 Å². The molecule has 0 radical (unpaired) electrons. The summed E-state index contributed by atoms with van der Waals surface area (Å²) in [5, 5.41) is 6.78. The number of benzene rings is 1. The van der Waals surface area contributed by atoms with Gasteiger partial charge >= 0.3 is 0 Å². The summed E-state index contributed by atoms with van der Waals surface area (Å²) in [7, 11) is 1.85. The van der Waals surface area contributed by atoms with Crippen LogP contribution in [0, 0.1) is 11.6 Å². The Morgan fingerprint density at radius 2 is 2.04 bits per heavy atom. The van der Waals surface area contributed by atoms with E-state index in [9.17, 15) is 13.6 Å². The van der Waals surface area contributed by atoms with E-state index in [-0.39, 0.29) is 17.6 Å². The van der Waals surface area contributed by atoms with E-state index in [1.54, 1.807) is 10.9 Å². The van der Waals surface area contributed by atoms with Crippen LogP contribution in [-0.4, -0.2) is 33.2 Å². The number of anilines is 1. The van der Waals surface area contributed by atoms with Gasteiger partial charge in [-0.25, -0.2) is 8.78 Å². The third-order valence-electron chi connectivity index (χ3n) is 4.19. The highest BCUT2D eigenvalue weighted by Crippen LogP contribution is 2.22. The van der Waals surface area contributed by atoms with Gasteiger partial charge in [-0.3, -0.25) is 14.4 Å². The quantitative estimate of drug-likeness (QED) is 0.935. The van der Waals surface area contributed by atoms with Crippen LogP contribution in [0.2, 0.25) is 0 Å². The first-order chi connectivity index (χ1) is 11.5. The molecule has 1 amide bonds. The molecule has 0 saturated carbocycles. The fraction of sp³-hybridized carbons (Fsp3) is 0.412. The first kappa shape index (κ1) is 16.6. The molecule has 7 heteroatoms. The minimum Gasteiger partial charge on any atom is -0.325 e. The zero-order chi connectivity index (χ0) is 17.1. The van der Waals surface area contributed by atoms with E-state index in [4.69, 9.17) is 0 Å². The number of aryl methyl sites for hydroxylation is 1. The van der Waals surface area contributed by atoms with Gasteiger partial charge in [-0.1, -0.05) is 6.42 Å². The first-order valence-electron chi connectivity index (χ1n) is 8.00. The number of halogens is 2. The van der Waals surface area contributed by atoms with E-state index in [1.807, 2.05) is 13.2 Å². The molecule has 24 heavy (non-hydrogen) atoms. The van der Waals surface area contributed by atoms with Crippen molar-refractivity contribution in [2.45, 2.75) is 31.8 Å². The van der Waals surface area contributed by atoms with Gasteiger partial charge in [0.15, 0.2) is 0 Å². The zero-order valence-electron chi connectivity index (χ0n) is 13.5. The van der Waals surface area contributed by atoms with E-state index >= 15 is 0 Å². The van der Waals surface area contributed by atoms with Crippen molar-refractivity contribution < 1.29 is 13.6 Å². The number of carbonyl (C=O) groups excluding carboxylic acids is 1. The van der Waals surface area contributed by atoms with Gasteiger partial charge in [0, 0.05) is 37.1 Å². The lowest BCUT2D eigenvalue weighted by molar-refractivity contribution is -0.122. The molecule has 5 nitrogen and oxygen atoms in total. The maximum Gasteiger partial charge on any atom is 0.241 e. The number of aromatic nitrogens is 2. The molecule has 128 valence electrons. The van der Waals surface area contributed by atoms with Crippen molar-refractivity contribution in [3.8, 4) is 0 Å². The summed E-state index contributed by atoms with van der Waals surface area (Å²) in [4.78, 5) is 14.7. The zero-order valence-corrected chi connectivity index (χ0v) is 13.5. The minimum atomic E-state index is -0.707. The number of amides is 1. The summed E-state index contributed by atoms with van der Waals surface area (Å²) >= 11 is 0. The molecule has 0 spiro atoms. The average Bonchev–Trinajstić information content (AvgIpc) is 2.92. The summed E-state index contributed by atoms with van der Waals surface area (Å²) in [5.41, 5.74) is 1.18. The van der Waals surface area contributed by atoms with E-state index in [1.165, 1.54) is 0 Å². The summed E-state index contributed by atoms with van der Waals surface area (Å²) in [6, 6.07) is 2.71. The molecule has 1 aromatic heterocycles. The van der Waals surface area contributed by atoms with Gasteiger partial charge in [-0.15, -0.1) is 0 Å². The predicted octanol–water partition coefficient (Wildman–Crippen LogP) is 2.69. The largest absolute Gasteiger partial charge is 0.325 e. The van der Waals surface area contributed by atoms with Gasteiger partial charge in [-0.2, -0.15) is 5.10 Å². The second-order valence-corrected chi connectivity index (χ2v) is 6.15. The average molecular weight is 334 g/mol. The molecule has 1 aliphatic rings. The number of nitrogens with one attached hydrogen (secondary N) is 1. The van der Waals surface area contributed by atoms with Crippen LogP contribution in [-0.2, 0) is 18.4 Å². The van der Waals surface area contributed by atoms with E-state index in [0.717, 1.165) is 49.6 Å². The molecule has 1 saturated heterocycles. The van der Waals surface area contributed by atoms with Crippen molar-refractivity contribution in [2.24, 2.45) is 7.05 Å². The van der Waals surface area contributed by atoms with Crippen LogP contribution in [0.5, 0.6) is 0 Å². The normalized spacial score (nSPS) is 18.5. The van der Waals surface area contributed by atoms with Crippen LogP contribution in [0.15, 0.2) is 30.6 Å². The van der Waals surface area contributed by atoms with Crippen LogP contribution in [0.4, 0.5) is 14.5 Å². The molecule has 1 aromatic carbocycles. The fourth-order valence-corrected chi connectivity index (χ4v) is 3.12. The maximum absolute atomic E-state index is 13.3. The van der Waals surface area contributed by atoms with Crippen LogP contribution < -0.4 is 5.32 Å². The summed E-state index contributed by atoms with van der Waals surface area (Å²) in [6.45, 7) is 1.44. The van der Waals surface area contributed by atoms with Gasteiger partial charge in [0.05, 0.1) is 12.2 Å². The lowest BCUT2D eigenvalue weighted by Gasteiger charge is -2.34. The van der Waals surface area contributed by atoms with Crippen LogP contribution in [0.3, 0.4) is 0 Å². The van der Waals surface area contributed by atoms with Crippen LogP contribution in [0.25, 0.3) is 0 Å². The monoisotopic (exact) mass is 334 g/mol. The van der Waals surface area contributed by atoms with Gasteiger partial charge in [0.2, 0.25) is 5.91 Å². The third kappa shape index (κ3) is 3.97. The SMILES string of the molecule is Cn1cc(CN2CCCC[C@@H]2C(=O)Nc2cc(F)cc(F)c2)cn1. The molecule has 0 unspecified atom stereocenters. The first-order valence-corrected chi connectivity index (χ1v) is 8.00. The number of hydrogen-bond donors (Lipinski definition) is 1. The number of hydrogen-bond acceptors (Lipinski definition) is 3. The van der Waals surface area contributed by atoms with Gasteiger partial charge in [0.1, 0.15) is 11.6 Å². The Hall–Kier alpha value is -2.28. The number of rotatable bonds is 4. The van der Waals surface area contributed by atoms with Crippen molar-refractivity contribution in [2.75, 3.05) is 11.9 Å². The van der Waals surface area contributed by atoms with Crippen LogP contribution in [0.1, 0.15) is 24.8 Å². The third-order valence-corrected chi connectivity index (χ3v) is 4.19. The highest BCUT2D eigenvalue weighted by molar-refractivity contribution is 5.94. The molecule has 0 bridgehead atoms. The lowest BCUT2D eigenvalue weighted by atomic mass is 10.0. The molecule has 2 aromatic rings. The summed E-state index contributed by atoms with van der Waals surface area (Å²) in [5.74, 6) is -1.65. The molecule has 1 atom stereocenters. The van der Waals surface area contributed by atoms with Crippen molar-refractivity contribution in [1.29, 1.82) is 0 Å². The smallest absolute Gasteiger partial charge is 0.241 e. The van der Waals surface area contributed by atoms with Crippen LogP contribution >= 0.6 is 0 Å². The molecular weight excluding hydrogens is 314 g/mol. The molecule has 1 aliphatic heterocycles. The van der Waals surface area contributed by atoms with Crippen molar-refractivity contribution >= 4 is 11.6 Å². The Morgan fingerprint density at radius 1 is 1.29 bits per heavy atom.